The van der Waals surface area contributed by atoms with Gasteiger partial charge in [-0.2, -0.15) is 0 Å². The fraction of sp³-hybridized carbons (Fsp3) is 0.476. The Labute approximate surface area is 161 Å². The van der Waals surface area contributed by atoms with Crippen LogP contribution in [-0.4, -0.2) is 9.91 Å². The lowest BCUT2D eigenvalue weighted by Crippen LogP contribution is -2.10. The van der Waals surface area contributed by atoms with Crippen LogP contribution < -0.4 is 11.1 Å². The Bertz CT molecular complexity index is 824. The summed E-state index contributed by atoms with van der Waals surface area (Å²) in [5.41, 5.74) is 11.9. The highest BCUT2D eigenvalue weighted by Crippen LogP contribution is 2.37. The standard InChI is InChI=1S/C21H30N4O2/c1-6-7-8-9-10-17-16(5)23-21(20(18(17)22)25(26)27)24-19-14(3)11-13(2)12-15(19)4/h11-12H,6-10H2,1-5H3,(H3,22,23,24). The lowest BCUT2D eigenvalue weighted by atomic mass is 10.0. The normalized spacial score (nSPS) is 10.9. The van der Waals surface area contributed by atoms with Crippen molar-refractivity contribution < 1.29 is 4.92 Å². The molecule has 0 saturated carbocycles. The molecule has 0 aliphatic heterocycles. The minimum absolute atomic E-state index is 0.134. The fourth-order valence-corrected chi connectivity index (χ4v) is 3.57. The number of unbranched alkanes of at least 4 members (excludes halogenated alkanes) is 3. The van der Waals surface area contributed by atoms with Crippen molar-refractivity contribution in [2.24, 2.45) is 0 Å². The molecule has 0 unspecified atom stereocenters. The van der Waals surface area contributed by atoms with Crippen LogP contribution in [0.25, 0.3) is 0 Å². The van der Waals surface area contributed by atoms with Crippen molar-refractivity contribution >= 4 is 22.9 Å². The fourth-order valence-electron chi connectivity index (χ4n) is 3.57. The van der Waals surface area contributed by atoms with Gasteiger partial charge < -0.3 is 11.1 Å². The first-order valence-electron chi connectivity index (χ1n) is 9.54. The zero-order chi connectivity index (χ0) is 20.1. The van der Waals surface area contributed by atoms with Gasteiger partial charge in [0, 0.05) is 16.9 Å². The van der Waals surface area contributed by atoms with Crippen molar-refractivity contribution in [3.63, 3.8) is 0 Å². The van der Waals surface area contributed by atoms with Crippen molar-refractivity contribution in [2.75, 3.05) is 11.1 Å². The highest BCUT2D eigenvalue weighted by Gasteiger charge is 2.25. The van der Waals surface area contributed by atoms with E-state index in [9.17, 15) is 10.1 Å². The highest BCUT2D eigenvalue weighted by molar-refractivity contribution is 5.79. The largest absolute Gasteiger partial charge is 0.393 e. The van der Waals surface area contributed by atoms with Crippen LogP contribution in [0, 0.1) is 37.8 Å². The maximum absolute atomic E-state index is 11.7. The van der Waals surface area contributed by atoms with Crippen LogP contribution in [0.15, 0.2) is 12.1 Å². The second kappa shape index (κ2) is 8.84. The van der Waals surface area contributed by atoms with Crippen LogP contribution in [0.1, 0.15) is 60.6 Å². The summed E-state index contributed by atoms with van der Waals surface area (Å²) in [5, 5.41) is 14.9. The van der Waals surface area contributed by atoms with Crippen LogP contribution >= 0.6 is 0 Å². The van der Waals surface area contributed by atoms with Crippen molar-refractivity contribution in [3.8, 4) is 0 Å². The Kier molecular flexibility index (Phi) is 6.77. The number of benzene rings is 1. The van der Waals surface area contributed by atoms with Gasteiger partial charge in [-0.05, 0) is 51.7 Å². The molecular weight excluding hydrogens is 340 g/mol. The van der Waals surface area contributed by atoms with Gasteiger partial charge in [0.15, 0.2) is 0 Å². The molecule has 0 saturated heterocycles. The van der Waals surface area contributed by atoms with Gasteiger partial charge in [-0.1, -0.05) is 43.9 Å². The summed E-state index contributed by atoms with van der Waals surface area (Å²) in [6, 6.07) is 4.08. The molecule has 2 aromatic rings. The second-order valence-electron chi connectivity index (χ2n) is 7.25. The predicted molar refractivity (Wildman–Crippen MR) is 112 cm³/mol. The van der Waals surface area contributed by atoms with E-state index in [1.54, 1.807) is 0 Å². The van der Waals surface area contributed by atoms with Crippen LogP contribution in [-0.2, 0) is 6.42 Å². The number of hydrogen-bond acceptors (Lipinski definition) is 5. The smallest absolute Gasteiger partial charge is 0.334 e. The van der Waals surface area contributed by atoms with E-state index in [2.05, 4.69) is 17.2 Å². The molecule has 1 aromatic heterocycles. The number of hydrogen-bond donors (Lipinski definition) is 2. The molecule has 3 N–H and O–H groups in total. The molecule has 2 rings (SSSR count). The lowest BCUT2D eigenvalue weighted by molar-refractivity contribution is -0.383. The van der Waals surface area contributed by atoms with Gasteiger partial charge in [-0.15, -0.1) is 0 Å². The minimum atomic E-state index is -0.432. The van der Waals surface area contributed by atoms with Gasteiger partial charge in [0.1, 0.15) is 5.69 Å². The van der Waals surface area contributed by atoms with Crippen LogP contribution in [0.4, 0.5) is 22.9 Å². The Balaban J connectivity index is 2.44. The molecule has 146 valence electrons. The van der Waals surface area contributed by atoms with E-state index in [0.717, 1.165) is 59.3 Å². The molecule has 0 aliphatic carbocycles. The Morgan fingerprint density at radius 3 is 2.30 bits per heavy atom. The van der Waals surface area contributed by atoms with E-state index >= 15 is 0 Å². The van der Waals surface area contributed by atoms with Crippen molar-refractivity contribution in [1.29, 1.82) is 0 Å². The molecule has 0 aliphatic rings. The van der Waals surface area contributed by atoms with E-state index in [-0.39, 0.29) is 17.2 Å². The topological polar surface area (TPSA) is 94.1 Å². The van der Waals surface area contributed by atoms with E-state index in [0.29, 0.717) is 6.42 Å². The first kappa shape index (κ1) is 20.7. The van der Waals surface area contributed by atoms with E-state index in [1.165, 1.54) is 0 Å². The number of anilines is 3. The summed E-state index contributed by atoms with van der Waals surface area (Å²) in [6.45, 7) is 10.0. The number of nitro groups is 1. The molecule has 0 spiro atoms. The SMILES string of the molecule is CCCCCCc1c(C)nc(Nc2c(C)cc(C)cc2C)c([N+](=O)[O-])c1N. The summed E-state index contributed by atoms with van der Waals surface area (Å²) in [5.74, 6) is 0.211. The molecule has 27 heavy (non-hydrogen) atoms. The van der Waals surface area contributed by atoms with E-state index in [4.69, 9.17) is 5.73 Å². The lowest BCUT2D eigenvalue weighted by Gasteiger charge is -2.16. The molecule has 0 fully saturated rings. The minimum Gasteiger partial charge on any atom is -0.393 e. The monoisotopic (exact) mass is 370 g/mol. The molecule has 0 atom stereocenters. The number of nitrogen functional groups attached to an aromatic ring is 1. The quantitative estimate of drug-likeness (QED) is 0.354. The van der Waals surface area contributed by atoms with Crippen LogP contribution in [0.3, 0.4) is 0 Å². The first-order chi connectivity index (χ1) is 12.8. The number of aryl methyl sites for hydroxylation is 4. The molecule has 6 heteroatoms. The zero-order valence-electron chi connectivity index (χ0n) is 17.0. The van der Waals surface area contributed by atoms with Crippen molar-refractivity contribution in [1.82, 2.24) is 4.98 Å². The summed E-state index contributed by atoms with van der Waals surface area (Å²) >= 11 is 0. The average Bonchev–Trinajstić information content (AvgIpc) is 2.56. The number of nitrogens with one attached hydrogen (secondary N) is 1. The van der Waals surface area contributed by atoms with Crippen molar-refractivity contribution in [2.45, 2.75) is 66.7 Å². The summed E-state index contributed by atoms with van der Waals surface area (Å²) < 4.78 is 0. The summed E-state index contributed by atoms with van der Waals surface area (Å²) in [7, 11) is 0. The Hall–Kier alpha value is -2.63. The van der Waals surface area contributed by atoms with Crippen molar-refractivity contribution in [3.05, 3.63) is 50.2 Å². The van der Waals surface area contributed by atoms with Gasteiger partial charge in [0.25, 0.3) is 0 Å². The molecule has 1 aromatic carbocycles. The number of aromatic nitrogens is 1. The number of nitrogens with two attached hydrogens (primary N) is 1. The molecule has 0 amide bonds. The van der Waals surface area contributed by atoms with Gasteiger partial charge in [0.2, 0.25) is 5.82 Å². The number of rotatable bonds is 8. The van der Waals surface area contributed by atoms with Crippen LogP contribution in [0.2, 0.25) is 0 Å². The number of nitrogens with zero attached hydrogens (tertiary/aromatic N) is 2. The number of pyridine rings is 1. The third kappa shape index (κ3) is 4.76. The van der Waals surface area contributed by atoms with Gasteiger partial charge >= 0.3 is 5.69 Å². The predicted octanol–water partition coefficient (Wildman–Crippen LogP) is 5.67. The molecule has 0 radical (unpaired) electrons. The third-order valence-corrected chi connectivity index (χ3v) is 4.90. The van der Waals surface area contributed by atoms with Gasteiger partial charge in [-0.25, -0.2) is 4.98 Å². The molecule has 6 nitrogen and oxygen atoms in total. The first-order valence-corrected chi connectivity index (χ1v) is 9.54. The maximum Gasteiger partial charge on any atom is 0.334 e. The summed E-state index contributed by atoms with van der Waals surface area (Å²) in [6.07, 6.45) is 5.06. The van der Waals surface area contributed by atoms with Crippen LogP contribution in [0.5, 0.6) is 0 Å². The van der Waals surface area contributed by atoms with Gasteiger partial charge in [0.05, 0.1) is 4.92 Å². The Morgan fingerprint density at radius 2 is 1.74 bits per heavy atom. The zero-order valence-corrected chi connectivity index (χ0v) is 17.0. The Morgan fingerprint density at radius 1 is 1.11 bits per heavy atom. The van der Waals surface area contributed by atoms with Gasteiger partial charge in [-0.3, -0.25) is 10.1 Å². The molecule has 0 bridgehead atoms. The third-order valence-electron chi connectivity index (χ3n) is 4.90. The summed E-state index contributed by atoms with van der Waals surface area (Å²) in [4.78, 5) is 15.8. The average molecular weight is 370 g/mol. The molecule has 1 heterocycles. The molecular formula is C21H30N4O2. The van der Waals surface area contributed by atoms with E-state index in [1.807, 2.05) is 39.8 Å². The highest BCUT2D eigenvalue weighted by atomic mass is 16.6. The second-order valence-corrected chi connectivity index (χ2v) is 7.25. The van der Waals surface area contributed by atoms with E-state index < -0.39 is 4.92 Å². The maximum atomic E-state index is 11.7.